The van der Waals surface area contributed by atoms with Crippen LogP contribution in [0.15, 0.2) is 23.2 Å². The standard InChI is InChI=1S/C21H33N3O3.HI/c1-3-22-20(24-14-21(15-25)11-12-21)23-13-16-7-6-10-18(26-2)19(16)27-17-8-4-5-9-17;/h6-7,10,17,25H,3-5,8-9,11-15H2,1-2H3,(H2,22,23,24);1H. The molecule has 3 N–H and O–H groups in total. The zero-order chi connectivity index (χ0) is 19.1. The number of benzene rings is 1. The maximum atomic E-state index is 9.51. The van der Waals surface area contributed by atoms with Crippen LogP contribution in [0, 0.1) is 5.41 Å². The molecule has 2 fully saturated rings. The number of rotatable bonds is 9. The van der Waals surface area contributed by atoms with Crippen LogP contribution in [0.2, 0.25) is 0 Å². The van der Waals surface area contributed by atoms with Gasteiger partial charge in [-0.1, -0.05) is 12.1 Å². The van der Waals surface area contributed by atoms with Gasteiger partial charge < -0.3 is 25.2 Å². The molecule has 3 rings (SSSR count). The number of methoxy groups -OCH3 is 1. The lowest BCUT2D eigenvalue weighted by Gasteiger charge is -2.19. The Labute approximate surface area is 185 Å². The Morgan fingerprint density at radius 3 is 2.61 bits per heavy atom. The minimum atomic E-state index is 0. The second-order valence-electron chi connectivity index (χ2n) is 7.68. The number of nitrogens with one attached hydrogen (secondary N) is 2. The lowest BCUT2D eigenvalue weighted by Crippen LogP contribution is -2.41. The van der Waals surface area contributed by atoms with Crippen LogP contribution in [0.1, 0.15) is 51.0 Å². The summed E-state index contributed by atoms with van der Waals surface area (Å²) in [4.78, 5) is 4.74. The highest BCUT2D eigenvalue weighted by atomic mass is 127. The quantitative estimate of drug-likeness (QED) is 0.274. The summed E-state index contributed by atoms with van der Waals surface area (Å²) in [5, 5.41) is 16.2. The van der Waals surface area contributed by atoms with Crippen molar-refractivity contribution in [2.75, 3.05) is 26.8 Å². The fraction of sp³-hybridized carbons (Fsp3) is 0.667. The predicted molar refractivity (Wildman–Crippen MR) is 123 cm³/mol. The van der Waals surface area contributed by atoms with E-state index in [1.807, 2.05) is 12.1 Å². The highest BCUT2D eigenvalue weighted by molar-refractivity contribution is 14.0. The molecule has 0 amide bonds. The second kappa shape index (κ2) is 11.1. The van der Waals surface area contributed by atoms with E-state index < -0.39 is 0 Å². The van der Waals surface area contributed by atoms with Gasteiger partial charge in [-0.25, -0.2) is 4.99 Å². The number of guanidine groups is 1. The third-order valence-electron chi connectivity index (χ3n) is 5.54. The number of halogens is 1. The number of hydrogen-bond donors (Lipinski definition) is 3. The molecule has 28 heavy (non-hydrogen) atoms. The number of para-hydroxylation sites is 1. The van der Waals surface area contributed by atoms with Crippen molar-refractivity contribution in [3.63, 3.8) is 0 Å². The average Bonchev–Trinajstić information content (AvgIpc) is 3.30. The third-order valence-corrected chi connectivity index (χ3v) is 5.54. The molecule has 7 heteroatoms. The van der Waals surface area contributed by atoms with E-state index >= 15 is 0 Å². The molecule has 2 aliphatic carbocycles. The third kappa shape index (κ3) is 6.14. The molecule has 6 nitrogen and oxygen atoms in total. The number of hydrogen-bond acceptors (Lipinski definition) is 4. The van der Waals surface area contributed by atoms with Gasteiger partial charge in [-0.3, -0.25) is 0 Å². The van der Waals surface area contributed by atoms with Crippen LogP contribution >= 0.6 is 24.0 Å². The first-order valence-corrected chi connectivity index (χ1v) is 10.2. The second-order valence-corrected chi connectivity index (χ2v) is 7.68. The Kier molecular flexibility index (Phi) is 9.14. The van der Waals surface area contributed by atoms with E-state index in [9.17, 15) is 5.11 Å². The van der Waals surface area contributed by atoms with Gasteiger partial charge in [0.2, 0.25) is 0 Å². The molecule has 0 aliphatic heterocycles. The summed E-state index contributed by atoms with van der Waals surface area (Å²) in [5.41, 5.74) is 1.07. The van der Waals surface area contributed by atoms with Gasteiger partial charge in [-0.05, 0) is 51.5 Å². The zero-order valence-corrected chi connectivity index (χ0v) is 19.3. The van der Waals surface area contributed by atoms with Crippen molar-refractivity contribution in [2.24, 2.45) is 10.4 Å². The van der Waals surface area contributed by atoms with Gasteiger partial charge in [0, 0.05) is 24.1 Å². The van der Waals surface area contributed by atoms with Crippen LogP contribution in [0.4, 0.5) is 0 Å². The van der Waals surface area contributed by atoms with Gasteiger partial charge in [0.15, 0.2) is 17.5 Å². The van der Waals surface area contributed by atoms with E-state index in [-0.39, 0.29) is 42.1 Å². The first-order valence-electron chi connectivity index (χ1n) is 10.2. The van der Waals surface area contributed by atoms with Gasteiger partial charge in [0.1, 0.15) is 0 Å². The molecule has 2 aliphatic rings. The van der Waals surface area contributed by atoms with Crippen LogP contribution < -0.4 is 20.1 Å². The van der Waals surface area contributed by atoms with Crippen molar-refractivity contribution in [3.8, 4) is 11.5 Å². The number of aliphatic hydroxyl groups is 1. The molecule has 0 bridgehead atoms. The predicted octanol–water partition coefficient (Wildman–Crippen LogP) is 3.46. The van der Waals surface area contributed by atoms with E-state index in [1.165, 1.54) is 12.8 Å². The fourth-order valence-electron chi connectivity index (χ4n) is 3.50. The van der Waals surface area contributed by atoms with Crippen LogP contribution in [0.25, 0.3) is 0 Å². The summed E-state index contributed by atoms with van der Waals surface area (Å²) in [7, 11) is 1.68. The van der Waals surface area contributed by atoms with E-state index in [0.717, 1.165) is 61.8 Å². The Hall–Kier alpha value is -1.22. The first kappa shape index (κ1) is 23.1. The summed E-state index contributed by atoms with van der Waals surface area (Å²) in [6, 6.07) is 5.98. The SMILES string of the molecule is CCNC(=NCc1cccc(OC)c1OC1CCCC1)NCC1(CO)CC1.I. The highest BCUT2D eigenvalue weighted by Crippen LogP contribution is 2.44. The summed E-state index contributed by atoms with van der Waals surface area (Å²) in [6.07, 6.45) is 7.09. The van der Waals surface area contributed by atoms with E-state index in [2.05, 4.69) is 23.6 Å². The molecule has 2 saturated carbocycles. The van der Waals surface area contributed by atoms with Crippen LogP contribution in [-0.4, -0.2) is 44.0 Å². The molecular formula is C21H34IN3O3. The topological polar surface area (TPSA) is 75.1 Å². The van der Waals surface area contributed by atoms with E-state index in [4.69, 9.17) is 14.5 Å². The van der Waals surface area contributed by atoms with Crippen molar-refractivity contribution in [2.45, 2.75) is 58.1 Å². The molecular weight excluding hydrogens is 469 g/mol. The number of ether oxygens (including phenoxy) is 2. The summed E-state index contributed by atoms with van der Waals surface area (Å²) < 4.78 is 11.8. The van der Waals surface area contributed by atoms with Gasteiger partial charge in [0.25, 0.3) is 0 Å². The van der Waals surface area contributed by atoms with E-state index in [0.29, 0.717) is 6.54 Å². The normalized spacial score (nSPS) is 18.3. The Morgan fingerprint density at radius 2 is 2.00 bits per heavy atom. The summed E-state index contributed by atoms with van der Waals surface area (Å²) in [5.74, 6) is 2.36. The van der Waals surface area contributed by atoms with Crippen LogP contribution in [-0.2, 0) is 6.54 Å². The van der Waals surface area contributed by atoms with Crippen molar-refractivity contribution >= 4 is 29.9 Å². The molecule has 0 aromatic heterocycles. The van der Waals surface area contributed by atoms with Crippen LogP contribution in [0.3, 0.4) is 0 Å². The van der Waals surface area contributed by atoms with Crippen molar-refractivity contribution < 1.29 is 14.6 Å². The highest BCUT2D eigenvalue weighted by Gasteiger charge is 2.41. The Balaban J connectivity index is 0.00000280. The minimum absolute atomic E-state index is 0. The van der Waals surface area contributed by atoms with E-state index in [1.54, 1.807) is 7.11 Å². The Morgan fingerprint density at radius 1 is 1.25 bits per heavy atom. The molecule has 0 heterocycles. The summed E-state index contributed by atoms with van der Waals surface area (Å²) >= 11 is 0. The van der Waals surface area contributed by atoms with Crippen molar-refractivity contribution in [3.05, 3.63) is 23.8 Å². The largest absolute Gasteiger partial charge is 0.493 e. The monoisotopic (exact) mass is 503 g/mol. The van der Waals surface area contributed by atoms with Gasteiger partial charge in [-0.15, -0.1) is 24.0 Å². The molecule has 0 radical (unpaired) electrons. The average molecular weight is 503 g/mol. The number of aliphatic imine (C=N–C) groups is 1. The van der Waals surface area contributed by atoms with Gasteiger partial charge in [0.05, 0.1) is 26.4 Å². The number of aliphatic hydroxyl groups excluding tert-OH is 1. The van der Waals surface area contributed by atoms with Gasteiger partial charge >= 0.3 is 0 Å². The molecule has 1 aromatic rings. The van der Waals surface area contributed by atoms with Crippen molar-refractivity contribution in [1.29, 1.82) is 0 Å². The molecule has 0 atom stereocenters. The maximum Gasteiger partial charge on any atom is 0.191 e. The van der Waals surface area contributed by atoms with Crippen LogP contribution in [0.5, 0.6) is 11.5 Å². The maximum absolute atomic E-state index is 9.51. The lowest BCUT2D eigenvalue weighted by molar-refractivity contribution is 0.198. The van der Waals surface area contributed by atoms with Crippen molar-refractivity contribution in [1.82, 2.24) is 10.6 Å². The molecule has 1 aromatic carbocycles. The summed E-state index contributed by atoms with van der Waals surface area (Å²) in [6.45, 7) is 4.34. The molecule has 158 valence electrons. The zero-order valence-electron chi connectivity index (χ0n) is 17.0. The fourth-order valence-corrected chi connectivity index (χ4v) is 3.50. The lowest BCUT2D eigenvalue weighted by atomic mass is 10.1. The minimum Gasteiger partial charge on any atom is -0.493 e. The molecule has 0 unspecified atom stereocenters. The van der Waals surface area contributed by atoms with Gasteiger partial charge in [-0.2, -0.15) is 0 Å². The molecule has 0 saturated heterocycles. The number of nitrogens with zero attached hydrogens (tertiary/aromatic N) is 1. The molecule has 0 spiro atoms. The smallest absolute Gasteiger partial charge is 0.191 e. The first-order chi connectivity index (χ1) is 13.2. The Bertz CT molecular complexity index is 644.